The maximum absolute atomic E-state index is 13.5. The molecule has 18 heteroatoms. The fraction of sp³-hybridized carbons (Fsp3) is 0.321. The predicted octanol–water partition coefficient (Wildman–Crippen LogP) is 12.9. The first kappa shape index (κ1) is 51.5. The summed E-state index contributed by atoms with van der Waals surface area (Å²) in [4.78, 5) is 27.2. The fourth-order valence-electron chi connectivity index (χ4n) is 9.99. The first-order valence-corrected chi connectivity index (χ1v) is 24.1. The molecule has 0 aliphatic rings. The van der Waals surface area contributed by atoms with Crippen molar-refractivity contribution in [1.82, 2.24) is 48.2 Å². The Morgan fingerprint density at radius 1 is 0.500 bits per heavy atom. The van der Waals surface area contributed by atoms with E-state index in [4.69, 9.17) is 9.97 Å². The van der Waals surface area contributed by atoms with Crippen LogP contribution >= 0.6 is 0 Å². The number of fused-ring (bicyclic) bond motifs is 6. The van der Waals surface area contributed by atoms with E-state index < -0.39 is 48.5 Å². The molecule has 0 aliphatic carbocycles. The molecule has 0 fully saturated rings. The van der Waals surface area contributed by atoms with Crippen LogP contribution in [-0.2, 0) is 25.3 Å². The number of pyridine rings is 4. The number of nitrogens with zero attached hydrogens (tertiary/aromatic N) is 10. The van der Waals surface area contributed by atoms with Crippen molar-refractivity contribution in [3.63, 3.8) is 0 Å². The lowest BCUT2D eigenvalue weighted by Crippen LogP contribution is -2.18. The summed E-state index contributed by atoms with van der Waals surface area (Å²) in [7, 11) is 3.79. The van der Waals surface area contributed by atoms with Crippen LogP contribution in [0.4, 0.5) is 26.3 Å². The Balaban J connectivity index is 0.000000182. The zero-order valence-electron chi connectivity index (χ0n) is 42.2. The molecule has 12 nitrogen and oxygen atoms in total. The molecule has 2 N–H and O–H groups in total. The average molecular weight is 1020 g/mol. The van der Waals surface area contributed by atoms with Crippen LogP contribution in [0, 0.1) is 13.8 Å². The predicted molar refractivity (Wildman–Crippen MR) is 274 cm³/mol. The third-order valence-corrected chi connectivity index (χ3v) is 13.6. The van der Waals surface area contributed by atoms with E-state index in [0.717, 1.165) is 44.7 Å². The molecule has 0 amide bonds. The summed E-state index contributed by atoms with van der Waals surface area (Å²) in [6, 6.07) is 24.2. The molecule has 0 saturated heterocycles. The molecule has 2 unspecified atom stereocenters. The van der Waals surface area contributed by atoms with Crippen LogP contribution in [0.1, 0.15) is 99.4 Å². The number of hydrogen-bond acceptors (Lipinski definition) is 8. The Morgan fingerprint density at radius 3 is 1.20 bits per heavy atom. The van der Waals surface area contributed by atoms with Gasteiger partial charge < -0.3 is 28.5 Å². The first-order valence-electron chi connectivity index (χ1n) is 24.1. The molecule has 0 radical (unpaired) electrons. The highest BCUT2D eigenvalue weighted by molar-refractivity contribution is 6.08. The highest BCUT2D eigenvalue weighted by Gasteiger charge is 2.34. The molecule has 10 rings (SSSR count). The van der Waals surface area contributed by atoms with Crippen LogP contribution in [0.5, 0.6) is 0 Å². The van der Waals surface area contributed by atoms with Crippen LogP contribution in [0.3, 0.4) is 0 Å². The lowest BCUT2D eigenvalue weighted by molar-refractivity contribution is -0.137. The SMILES string of the molecule is Cc1ncn(C)c1-c1cnc2c3ccc(C(C)(C)O)cc3n(C(CCC(F)(F)F)c3ccccn3)c2c1.Cc1ncn(C)c1-c1cnc2c3ccc(C(C)(C)O)cc3n(C(CCC(F)(F)F)c3ccccn3)c2c1. The third-order valence-electron chi connectivity index (χ3n) is 13.6. The normalized spacial score (nSPS) is 13.5. The lowest BCUT2D eigenvalue weighted by atomic mass is 9.97. The molecular formula is C56H56F6N10O2. The second-order valence-corrected chi connectivity index (χ2v) is 19.9. The van der Waals surface area contributed by atoms with Gasteiger partial charge >= 0.3 is 12.4 Å². The summed E-state index contributed by atoms with van der Waals surface area (Å²) in [5.74, 6) is 0. The van der Waals surface area contributed by atoms with Crippen molar-refractivity contribution in [2.24, 2.45) is 14.1 Å². The monoisotopic (exact) mass is 1010 g/mol. The number of alkyl halides is 6. The van der Waals surface area contributed by atoms with E-state index in [1.807, 2.05) is 94.7 Å². The van der Waals surface area contributed by atoms with Crippen LogP contribution in [0.25, 0.3) is 66.4 Å². The van der Waals surface area contributed by atoms with Crippen molar-refractivity contribution < 1.29 is 36.6 Å². The van der Waals surface area contributed by atoms with Gasteiger partial charge in [0.2, 0.25) is 0 Å². The second-order valence-electron chi connectivity index (χ2n) is 19.9. The highest BCUT2D eigenvalue weighted by Crippen LogP contribution is 2.42. The van der Waals surface area contributed by atoms with Gasteiger partial charge in [-0.25, -0.2) is 9.97 Å². The highest BCUT2D eigenvalue weighted by atomic mass is 19.4. The van der Waals surface area contributed by atoms with E-state index in [0.29, 0.717) is 55.6 Å². The summed E-state index contributed by atoms with van der Waals surface area (Å²) in [6.07, 6.45) is -0.787. The Morgan fingerprint density at radius 2 is 0.892 bits per heavy atom. The van der Waals surface area contributed by atoms with E-state index in [1.165, 1.54) is 0 Å². The van der Waals surface area contributed by atoms with Crippen molar-refractivity contribution in [2.75, 3.05) is 0 Å². The molecule has 8 heterocycles. The third kappa shape index (κ3) is 10.4. The number of rotatable bonds is 12. The molecule has 0 saturated carbocycles. The molecule has 10 aromatic rings. The van der Waals surface area contributed by atoms with Gasteiger partial charge in [-0.1, -0.05) is 36.4 Å². The average Bonchev–Trinajstić information content (AvgIpc) is 4.07. The summed E-state index contributed by atoms with van der Waals surface area (Å²) >= 11 is 0. The Kier molecular flexibility index (Phi) is 13.5. The lowest BCUT2D eigenvalue weighted by Gasteiger charge is -2.23. The van der Waals surface area contributed by atoms with E-state index in [2.05, 4.69) is 19.9 Å². The number of aryl methyl sites for hydroxylation is 4. The van der Waals surface area contributed by atoms with Gasteiger partial charge in [-0.3, -0.25) is 19.9 Å². The molecule has 74 heavy (non-hydrogen) atoms. The fourth-order valence-corrected chi connectivity index (χ4v) is 9.99. The van der Waals surface area contributed by atoms with Crippen LogP contribution in [0.15, 0.2) is 122 Å². The number of benzene rings is 2. The van der Waals surface area contributed by atoms with Gasteiger partial charge in [0, 0.05) is 73.6 Å². The van der Waals surface area contributed by atoms with Crippen molar-refractivity contribution in [1.29, 1.82) is 0 Å². The largest absolute Gasteiger partial charge is 0.389 e. The smallest absolute Gasteiger partial charge is 0.386 e. The summed E-state index contributed by atoms with van der Waals surface area (Å²) in [6.45, 7) is 10.5. The van der Waals surface area contributed by atoms with Gasteiger partial charge in [0.25, 0.3) is 0 Å². The van der Waals surface area contributed by atoms with Crippen LogP contribution < -0.4 is 0 Å². The molecule has 0 spiro atoms. The summed E-state index contributed by atoms with van der Waals surface area (Å²) in [5.41, 5.74) is 9.27. The van der Waals surface area contributed by atoms with Gasteiger partial charge in [0.15, 0.2) is 0 Å². The number of halogens is 6. The van der Waals surface area contributed by atoms with E-state index in [9.17, 15) is 36.6 Å². The summed E-state index contributed by atoms with van der Waals surface area (Å²) < 4.78 is 88.5. The molecule has 0 bridgehead atoms. The van der Waals surface area contributed by atoms with Crippen molar-refractivity contribution in [2.45, 2.75) is 103 Å². The molecular weight excluding hydrogens is 959 g/mol. The quantitative estimate of drug-likeness (QED) is 0.115. The van der Waals surface area contributed by atoms with Crippen molar-refractivity contribution >= 4 is 43.9 Å². The molecule has 384 valence electrons. The van der Waals surface area contributed by atoms with Crippen LogP contribution in [0.2, 0.25) is 0 Å². The zero-order chi connectivity index (χ0) is 53.1. The van der Waals surface area contributed by atoms with E-state index in [-0.39, 0.29) is 12.8 Å². The van der Waals surface area contributed by atoms with E-state index >= 15 is 0 Å². The van der Waals surface area contributed by atoms with Gasteiger partial charge in [-0.2, -0.15) is 26.3 Å². The first-order chi connectivity index (χ1) is 34.9. The van der Waals surface area contributed by atoms with E-state index in [1.54, 1.807) is 102 Å². The van der Waals surface area contributed by atoms with Crippen molar-refractivity contribution in [3.05, 3.63) is 156 Å². The van der Waals surface area contributed by atoms with Crippen LogP contribution in [-0.4, -0.2) is 70.7 Å². The molecule has 2 atom stereocenters. The maximum atomic E-state index is 13.5. The van der Waals surface area contributed by atoms with Gasteiger partial charge in [-0.15, -0.1) is 0 Å². The zero-order valence-corrected chi connectivity index (χ0v) is 42.2. The molecule has 2 aromatic carbocycles. The minimum absolute atomic E-state index is 0.193. The van der Waals surface area contributed by atoms with Gasteiger partial charge in [-0.05, 0) is 114 Å². The number of aliphatic hydroxyl groups is 2. The Hall–Kier alpha value is -7.44. The minimum atomic E-state index is -4.32. The summed E-state index contributed by atoms with van der Waals surface area (Å²) in [5, 5.41) is 23.0. The maximum Gasteiger partial charge on any atom is 0.389 e. The number of imidazole rings is 2. The second kappa shape index (κ2) is 19.4. The Bertz CT molecular complexity index is 3360. The molecule has 8 aromatic heterocycles. The topological polar surface area (TPSA) is 138 Å². The van der Waals surface area contributed by atoms with Crippen molar-refractivity contribution in [3.8, 4) is 22.5 Å². The van der Waals surface area contributed by atoms with Gasteiger partial charge in [0.1, 0.15) is 0 Å². The standard InChI is InChI=1S/2C28H28F3N5O/c2*1-17-26(35(4)16-34-17)18-13-24-25(33-15-18)20-9-8-19(27(2,3)37)14-23(20)36(24)22(10-11-28(29,30)31)21-7-5-6-12-32-21/h2*5-9,12-16,22,37H,10-11H2,1-4H3. The molecule has 0 aliphatic heterocycles. The Labute approximate surface area is 423 Å². The minimum Gasteiger partial charge on any atom is -0.386 e. The number of aromatic nitrogens is 10. The van der Waals surface area contributed by atoms with Gasteiger partial charge in [0.05, 0.1) is 103 Å². The number of hydrogen-bond donors (Lipinski definition) is 2.